The molecule has 0 saturated heterocycles. The second-order valence-electron chi connectivity index (χ2n) is 4.17. The predicted molar refractivity (Wildman–Crippen MR) is 65.6 cm³/mol. The maximum atomic E-state index is 8.41. The molecular weight excluding hydrogens is 198 g/mol. The van der Waals surface area contributed by atoms with Crippen molar-refractivity contribution >= 4 is 0 Å². The Kier molecular flexibility index (Phi) is 4.85. The van der Waals surface area contributed by atoms with Gasteiger partial charge in [-0.15, -0.1) is 0 Å². The molecule has 0 aromatic heterocycles. The minimum atomic E-state index is 0.620. The fourth-order valence-corrected chi connectivity index (χ4v) is 1.64. The Morgan fingerprint density at radius 2 is 1.94 bits per heavy atom. The topological polar surface area (TPSA) is 33.0 Å². The molecule has 0 fully saturated rings. The molecule has 0 spiro atoms. The summed E-state index contributed by atoms with van der Waals surface area (Å²) in [6.07, 6.45) is 2.48. The lowest BCUT2D eigenvalue weighted by molar-refractivity contribution is 0.305. The number of unbranched alkanes of at least 4 members (excludes halogenated alkanes) is 2. The Morgan fingerprint density at radius 3 is 2.62 bits per heavy atom. The number of rotatable bonds is 5. The van der Waals surface area contributed by atoms with Crippen molar-refractivity contribution in [2.24, 2.45) is 0 Å². The van der Waals surface area contributed by atoms with Gasteiger partial charge in [0.05, 0.1) is 12.7 Å². The van der Waals surface area contributed by atoms with Crippen LogP contribution in [0.15, 0.2) is 12.1 Å². The molecule has 0 aliphatic rings. The van der Waals surface area contributed by atoms with E-state index in [-0.39, 0.29) is 0 Å². The Morgan fingerprint density at radius 1 is 1.19 bits per heavy atom. The van der Waals surface area contributed by atoms with E-state index in [9.17, 15) is 0 Å². The van der Waals surface area contributed by atoms with Gasteiger partial charge in [-0.25, -0.2) is 0 Å². The third-order valence-corrected chi connectivity index (χ3v) is 2.70. The van der Waals surface area contributed by atoms with E-state index < -0.39 is 0 Å². The highest BCUT2D eigenvalue weighted by Crippen LogP contribution is 2.23. The lowest BCUT2D eigenvalue weighted by Crippen LogP contribution is -2.00. The quantitative estimate of drug-likeness (QED) is 0.705. The van der Waals surface area contributed by atoms with Crippen LogP contribution in [0, 0.1) is 32.1 Å². The molecule has 1 rings (SSSR count). The van der Waals surface area contributed by atoms with Gasteiger partial charge in [0.2, 0.25) is 0 Å². The smallest absolute Gasteiger partial charge is 0.122 e. The van der Waals surface area contributed by atoms with Gasteiger partial charge in [-0.2, -0.15) is 5.26 Å². The molecular formula is C14H19NO. The highest BCUT2D eigenvalue weighted by atomic mass is 16.5. The molecule has 0 aliphatic carbocycles. The number of hydrogen-bond acceptors (Lipinski definition) is 2. The van der Waals surface area contributed by atoms with E-state index in [0.717, 1.165) is 18.6 Å². The van der Waals surface area contributed by atoms with E-state index in [4.69, 9.17) is 10.00 Å². The van der Waals surface area contributed by atoms with E-state index in [1.807, 2.05) is 0 Å². The van der Waals surface area contributed by atoms with Crippen molar-refractivity contribution in [3.63, 3.8) is 0 Å². The molecule has 0 saturated carbocycles. The van der Waals surface area contributed by atoms with Gasteiger partial charge in [0.15, 0.2) is 0 Å². The summed E-state index contributed by atoms with van der Waals surface area (Å²) >= 11 is 0. The van der Waals surface area contributed by atoms with Crippen LogP contribution in [0.1, 0.15) is 36.0 Å². The van der Waals surface area contributed by atoms with Crippen LogP contribution in [-0.2, 0) is 0 Å². The second kappa shape index (κ2) is 6.17. The number of aryl methyl sites for hydroxylation is 2. The van der Waals surface area contributed by atoms with Crippen LogP contribution in [0.5, 0.6) is 5.75 Å². The predicted octanol–water partition coefficient (Wildman–Crippen LogP) is 3.68. The fraction of sp³-hybridized carbons (Fsp3) is 0.500. The molecule has 0 aliphatic heterocycles. The van der Waals surface area contributed by atoms with Gasteiger partial charge in [0.25, 0.3) is 0 Å². The molecule has 1 aromatic carbocycles. The lowest BCUT2D eigenvalue weighted by Gasteiger charge is -2.11. The molecule has 2 nitrogen and oxygen atoms in total. The van der Waals surface area contributed by atoms with E-state index in [1.165, 1.54) is 16.7 Å². The van der Waals surface area contributed by atoms with Crippen molar-refractivity contribution in [1.82, 2.24) is 0 Å². The lowest BCUT2D eigenvalue weighted by atomic mass is 10.1. The average molecular weight is 217 g/mol. The minimum absolute atomic E-state index is 0.620. The van der Waals surface area contributed by atoms with Crippen LogP contribution in [0.25, 0.3) is 0 Å². The summed E-state index contributed by atoms with van der Waals surface area (Å²) in [6, 6.07) is 6.38. The van der Waals surface area contributed by atoms with Gasteiger partial charge >= 0.3 is 0 Å². The number of nitriles is 1. The van der Waals surface area contributed by atoms with E-state index in [2.05, 4.69) is 39.0 Å². The van der Waals surface area contributed by atoms with Gasteiger partial charge < -0.3 is 4.74 Å². The maximum Gasteiger partial charge on any atom is 0.122 e. The Balaban J connectivity index is 2.51. The molecule has 1 aromatic rings. The third-order valence-electron chi connectivity index (χ3n) is 2.70. The standard InChI is InChI=1S/C14H19NO/c1-11-9-12(2)13(3)14(10-11)16-8-6-4-5-7-15/h9-10H,4-6,8H2,1-3H3. The molecule has 16 heavy (non-hydrogen) atoms. The molecule has 0 N–H and O–H groups in total. The highest BCUT2D eigenvalue weighted by Gasteiger charge is 2.03. The Bertz CT molecular complexity index is 390. The van der Waals surface area contributed by atoms with Gasteiger partial charge in [-0.3, -0.25) is 0 Å². The van der Waals surface area contributed by atoms with E-state index >= 15 is 0 Å². The summed E-state index contributed by atoms with van der Waals surface area (Å²) in [7, 11) is 0. The van der Waals surface area contributed by atoms with Gasteiger partial charge in [0, 0.05) is 6.42 Å². The number of benzene rings is 1. The summed E-state index contributed by atoms with van der Waals surface area (Å²) in [5, 5.41) is 8.41. The van der Waals surface area contributed by atoms with Gasteiger partial charge in [-0.1, -0.05) is 6.07 Å². The van der Waals surface area contributed by atoms with Crippen molar-refractivity contribution in [2.45, 2.75) is 40.0 Å². The molecule has 2 heteroatoms. The molecule has 0 atom stereocenters. The molecule has 0 unspecified atom stereocenters. The van der Waals surface area contributed by atoms with Crippen molar-refractivity contribution in [3.05, 3.63) is 28.8 Å². The monoisotopic (exact) mass is 217 g/mol. The van der Waals surface area contributed by atoms with Crippen LogP contribution >= 0.6 is 0 Å². The zero-order valence-corrected chi connectivity index (χ0v) is 10.3. The van der Waals surface area contributed by atoms with Crippen molar-refractivity contribution in [3.8, 4) is 11.8 Å². The summed E-state index contributed by atoms with van der Waals surface area (Å²) in [5.41, 5.74) is 3.72. The van der Waals surface area contributed by atoms with E-state index in [0.29, 0.717) is 13.0 Å². The third kappa shape index (κ3) is 3.58. The van der Waals surface area contributed by atoms with Gasteiger partial charge in [0.1, 0.15) is 5.75 Å². The fourth-order valence-electron chi connectivity index (χ4n) is 1.64. The number of ether oxygens (including phenoxy) is 1. The Hall–Kier alpha value is -1.49. The summed E-state index contributed by atoms with van der Waals surface area (Å²) < 4.78 is 5.74. The molecule has 0 amide bonds. The molecule has 0 heterocycles. The maximum absolute atomic E-state index is 8.41. The van der Waals surface area contributed by atoms with Crippen molar-refractivity contribution in [2.75, 3.05) is 6.61 Å². The van der Waals surface area contributed by atoms with Crippen LogP contribution in [0.2, 0.25) is 0 Å². The molecule has 86 valence electrons. The van der Waals surface area contributed by atoms with Crippen LogP contribution in [-0.4, -0.2) is 6.61 Å². The normalized spacial score (nSPS) is 9.88. The van der Waals surface area contributed by atoms with Crippen molar-refractivity contribution in [1.29, 1.82) is 5.26 Å². The largest absolute Gasteiger partial charge is 0.493 e. The molecule has 0 bridgehead atoms. The summed E-state index contributed by atoms with van der Waals surface area (Å²) in [6.45, 7) is 6.96. The second-order valence-corrected chi connectivity index (χ2v) is 4.17. The van der Waals surface area contributed by atoms with Crippen molar-refractivity contribution < 1.29 is 4.74 Å². The first kappa shape index (κ1) is 12.6. The first-order valence-electron chi connectivity index (χ1n) is 5.72. The SMILES string of the molecule is Cc1cc(C)c(C)c(OCCCCC#N)c1. The van der Waals surface area contributed by atoms with Crippen LogP contribution in [0.4, 0.5) is 0 Å². The van der Waals surface area contributed by atoms with Gasteiger partial charge in [-0.05, 0) is 56.4 Å². The highest BCUT2D eigenvalue weighted by molar-refractivity contribution is 5.41. The Labute approximate surface area is 97.9 Å². The summed E-state index contributed by atoms with van der Waals surface area (Å²) in [4.78, 5) is 0. The first-order valence-corrected chi connectivity index (χ1v) is 5.72. The average Bonchev–Trinajstić information content (AvgIpc) is 2.24. The zero-order chi connectivity index (χ0) is 12.0. The summed E-state index contributed by atoms with van der Waals surface area (Å²) in [5.74, 6) is 0.981. The number of hydrogen-bond donors (Lipinski definition) is 0. The van der Waals surface area contributed by atoms with E-state index in [1.54, 1.807) is 0 Å². The molecule has 0 radical (unpaired) electrons. The van der Waals surface area contributed by atoms with Crippen LogP contribution < -0.4 is 4.74 Å². The first-order chi connectivity index (χ1) is 7.65. The number of nitrogens with zero attached hydrogens (tertiary/aromatic N) is 1. The van der Waals surface area contributed by atoms with Crippen LogP contribution in [0.3, 0.4) is 0 Å². The zero-order valence-electron chi connectivity index (χ0n) is 10.3. The minimum Gasteiger partial charge on any atom is -0.493 e.